The summed E-state index contributed by atoms with van der Waals surface area (Å²) < 4.78 is 52.7. The van der Waals surface area contributed by atoms with Crippen LogP contribution in [0.25, 0.3) is 0 Å². The molecule has 9 heteroatoms. The van der Waals surface area contributed by atoms with Crippen LogP contribution < -0.4 is 3.71 Å². The number of aromatic nitrogens is 1. The lowest BCUT2D eigenvalue weighted by molar-refractivity contribution is 0.584. The molecule has 26 heavy (non-hydrogen) atoms. The molecular weight excluding hydrogens is 374 g/mol. The van der Waals surface area contributed by atoms with Gasteiger partial charge >= 0.3 is 0 Å². The molecule has 0 aliphatic heterocycles. The summed E-state index contributed by atoms with van der Waals surface area (Å²) in [6, 6.07) is 18.8. The van der Waals surface area contributed by atoms with Gasteiger partial charge in [0.2, 0.25) is 0 Å². The molecule has 1 aromatic heterocycles. The monoisotopic (exact) mass is 387 g/mol. The molecule has 0 amide bonds. The number of nitrogens with one attached hydrogen (secondary N) is 1. The largest absolute Gasteiger partial charge is 0.332 e. The molecule has 3 aromatic rings. The summed E-state index contributed by atoms with van der Waals surface area (Å²) in [6.07, 6.45) is 0. The first-order valence-electron chi connectivity index (χ1n) is 7.37. The molecule has 0 radical (unpaired) electrons. The average Bonchev–Trinajstić information content (AvgIpc) is 3.11. The molecule has 0 aliphatic rings. The maximum Gasteiger partial charge on any atom is 0.278 e. The minimum absolute atomic E-state index is 0.0384. The Kier molecular flexibility index (Phi) is 4.54. The van der Waals surface area contributed by atoms with E-state index in [-0.39, 0.29) is 21.3 Å². The van der Waals surface area contributed by atoms with Gasteiger partial charge in [-0.05, 0) is 36.4 Å². The van der Waals surface area contributed by atoms with Gasteiger partial charge < -0.3 is 4.98 Å². The first-order chi connectivity index (χ1) is 12.4. The summed E-state index contributed by atoms with van der Waals surface area (Å²) in [4.78, 5) is 2.15. The molecule has 0 atom stereocenters. The molecular formula is C17H13N3O4S2. The molecule has 7 nitrogen and oxygen atoms in total. The zero-order valence-electron chi connectivity index (χ0n) is 13.3. The fourth-order valence-corrected chi connectivity index (χ4v) is 5.99. The van der Waals surface area contributed by atoms with E-state index in [1.807, 2.05) is 6.07 Å². The highest BCUT2D eigenvalue weighted by atomic mass is 32.3. The molecule has 2 aromatic carbocycles. The average molecular weight is 387 g/mol. The van der Waals surface area contributed by atoms with Gasteiger partial charge in [0.05, 0.1) is 9.79 Å². The Morgan fingerprint density at radius 2 is 1.19 bits per heavy atom. The van der Waals surface area contributed by atoms with E-state index in [0.29, 0.717) is 3.71 Å². The van der Waals surface area contributed by atoms with Crippen molar-refractivity contribution in [2.75, 3.05) is 3.71 Å². The number of nitrogens with zero attached hydrogens (tertiary/aromatic N) is 2. The van der Waals surface area contributed by atoms with E-state index in [9.17, 15) is 16.8 Å². The highest BCUT2D eigenvalue weighted by molar-refractivity contribution is 8.10. The van der Waals surface area contributed by atoms with Crippen LogP contribution in [0.4, 0.5) is 5.82 Å². The van der Waals surface area contributed by atoms with E-state index in [1.165, 1.54) is 60.7 Å². The highest BCUT2D eigenvalue weighted by Crippen LogP contribution is 2.30. The molecule has 0 saturated carbocycles. The Bertz CT molecular complexity index is 1090. The summed E-state index contributed by atoms with van der Waals surface area (Å²) in [5.74, 6) is -0.241. The lowest BCUT2D eigenvalue weighted by atomic mass is 10.4. The van der Waals surface area contributed by atoms with Gasteiger partial charge in [0, 0.05) is 0 Å². The van der Waals surface area contributed by atoms with Crippen LogP contribution in [0.3, 0.4) is 0 Å². The van der Waals surface area contributed by atoms with Gasteiger partial charge in [-0.15, -0.1) is 3.71 Å². The van der Waals surface area contributed by atoms with Crippen LogP contribution in [0.5, 0.6) is 0 Å². The van der Waals surface area contributed by atoms with Crippen LogP contribution in [-0.2, 0) is 20.0 Å². The predicted molar refractivity (Wildman–Crippen MR) is 95.2 cm³/mol. The standard InChI is InChI=1S/C17H13N3O4S2/c18-13-14-11-12-17(19-14)20(25(21,22)15-7-3-1-4-8-15)26(23,24)16-9-5-2-6-10-16/h1-12,19H. The molecule has 0 saturated heterocycles. The number of H-pyrrole nitrogens is 1. The maximum absolute atomic E-state index is 13.1. The lowest BCUT2D eigenvalue weighted by Gasteiger charge is -2.22. The zero-order valence-corrected chi connectivity index (χ0v) is 14.9. The molecule has 0 unspecified atom stereocenters. The number of sulfonamides is 2. The van der Waals surface area contributed by atoms with E-state index >= 15 is 0 Å². The first-order valence-corrected chi connectivity index (χ1v) is 10.2. The van der Waals surface area contributed by atoms with Crippen molar-refractivity contribution in [2.45, 2.75) is 9.79 Å². The van der Waals surface area contributed by atoms with Gasteiger partial charge in [-0.3, -0.25) is 0 Å². The molecule has 0 aliphatic carbocycles. The molecule has 1 heterocycles. The van der Waals surface area contributed by atoms with E-state index in [4.69, 9.17) is 5.26 Å². The Morgan fingerprint density at radius 3 is 1.58 bits per heavy atom. The van der Waals surface area contributed by atoms with E-state index in [1.54, 1.807) is 12.1 Å². The summed E-state index contributed by atoms with van der Waals surface area (Å²) in [6.45, 7) is 0. The van der Waals surface area contributed by atoms with Crippen molar-refractivity contribution in [3.63, 3.8) is 0 Å². The molecule has 0 spiro atoms. The number of hydrogen-bond donors (Lipinski definition) is 1. The van der Waals surface area contributed by atoms with Gasteiger partial charge in [-0.2, -0.15) is 22.1 Å². The van der Waals surface area contributed by atoms with Gasteiger partial charge in [0.15, 0.2) is 0 Å². The lowest BCUT2D eigenvalue weighted by Crippen LogP contribution is -2.37. The van der Waals surface area contributed by atoms with E-state index < -0.39 is 20.0 Å². The number of nitriles is 1. The van der Waals surface area contributed by atoms with Crippen LogP contribution in [0.1, 0.15) is 5.69 Å². The quantitative estimate of drug-likeness (QED) is 0.723. The second-order valence-electron chi connectivity index (χ2n) is 5.20. The van der Waals surface area contributed by atoms with Crippen molar-refractivity contribution < 1.29 is 16.8 Å². The van der Waals surface area contributed by atoms with Gasteiger partial charge in [-0.1, -0.05) is 36.4 Å². The fraction of sp³-hybridized carbons (Fsp3) is 0. The smallest absolute Gasteiger partial charge is 0.278 e. The molecule has 0 fully saturated rings. The third kappa shape index (κ3) is 3.08. The van der Waals surface area contributed by atoms with Crippen molar-refractivity contribution in [1.29, 1.82) is 5.26 Å². The van der Waals surface area contributed by atoms with E-state index in [2.05, 4.69) is 4.98 Å². The fourth-order valence-electron chi connectivity index (χ4n) is 2.32. The Labute approximate surface area is 151 Å². The van der Waals surface area contributed by atoms with Crippen molar-refractivity contribution in [3.8, 4) is 6.07 Å². The predicted octanol–water partition coefficient (Wildman–Crippen LogP) is 2.47. The molecule has 3 rings (SSSR count). The Balaban J connectivity index is 2.26. The summed E-state index contributed by atoms with van der Waals surface area (Å²) in [5, 5.41) is 8.97. The van der Waals surface area contributed by atoms with Crippen molar-refractivity contribution in [1.82, 2.24) is 4.98 Å². The third-order valence-electron chi connectivity index (χ3n) is 3.51. The minimum Gasteiger partial charge on any atom is -0.332 e. The van der Waals surface area contributed by atoms with Crippen molar-refractivity contribution in [2.24, 2.45) is 0 Å². The number of rotatable bonds is 5. The zero-order chi connectivity index (χ0) is 18.8. The Morgan fingerprint density at radius 1 is 0.731 bits per heavy atom. The maximum atomic E-state index is 13.1. The van der Waals surface area contributed by atoms with Gasteiger partial charge in [0.25, 0.3) is 20.0 Å². The molecule has 1 N–H and O–H groups in total. The summed E-state index contributed by atoms with van der Waals surface area (Å²) in [7, 11) is -8.90. The third-order valence-corrected chi connectivity index (χ3v) is 7.69. The van der Waals surface area contributed by atoms with Crippen LogP contribution in [-0.4, -0.2) is 21.8 Å². The second kappa shape index (κ2) is 6.67. The second-order valence-corrected chi connectivity index (χ2v) is 9.01. The Hall–Kier alpha value is -3.09. The van der Waals surface area contributed by atoms with Gasteiger partial charge in [-0.25, -0.2) is 0 Å². The first kappa shape index (κ1) is 17.7. The number of aromatic amines is 1. The number of hydrogen-bond acceptors (Lipinski definition) is 5. The number of anilines is 1. The van der Waals surface area contributed by atoms with Gasteiger partial charge in [0.1, 0.15) is 17.6 Å². The molecule has 0 bridgehead atoms. The number of benzene rings is 2. The normalized spacial score (nSPS) is 11.7. The summed E-state index contributed by atoms with van der Waals surface area (Å²) >= 11 is 0. The van der Waals surface area contributed by atoms with Crippen molar-refractivity contribution in [3.05, 3.63) is 78.5 Å². The van der Waals surface area contributed by atoms with Crippen LogP contribution in [0.15, 0.2) is 82.6 Å². The SMILES string of the molecule is N#Cc1ccc(N(S(=O)(=O)c2ccccc2)S(=O)(=O)c2ccccc2)[nH]1. The summed E-state index contributed by atoms with van der Waals surface area (Å²) in [5.41, 5.74) is 0.0384. The highest BCUT2D eigenvalue weighted by Gasteiger charge is 2.37. The minimum atomic E-state index is -4.45. The van der Waals surface area contributed by atoms with E-state index in [0.717, 1.165) is 0 Å². The van der Waals surface area contributed by atoms with Crippen molar-refractivity contribution >= 4 is 25.9 Å². The van der Waals surface area contributed by atoms with Crippen LogP contribution >= 0.6 is 0 Å². The van der Waals surface area contributed by atoms with Crippen LogP contribution in [0.2, 0.25) is 0 Å². The topological polar surface area (TPSA) is 111 Å². The molecule has 132 valence electrons. The van der Waals surface area contributed by atoms with Crippen LogP contribution in [0, 0.1) is 11.3 Å².